The third kappa shape index (κ3) is 4.15. The molecular formula is C21H30N4O3. The highest BCUT2D eigenvalue weighted by Gasteiger charge is 2.35. The number of aromatic nitrogens is 2. The van der Waals surface area contributed by atoms with E-state index < -0.39 is 0 Å². The summed E-state index contributed by atoms with van der Waals surface area (Å²) in [6, 6.07) is 6.05. The van der Waals surface area contributed by atoms with E-state index in [4.69, 9.17) is 9.15 Å². The quantitative estimate of drug-likeness (QED) is 0.792. The molecule has 28 heavy (non-hydrogen) atoms. The first-order chi connectivity index (χ1) is 13.8. The number of aromatic amines is 1. The molecule has 0 bridgehead atoms. The lowest BCUT2D eigenvalue weighted by Gasteiger charge is -2.45. The van der Waals surface area contributed by atoms with E-state index in [1.165, 1.54) is 45.2 Å². The summed E-state index contributed by atoms with van der Waals surface area (Å²) in [4.78, 5) is 17.8. The Morgan fingerprint density at radius 3 is 3.07 bits per heavy atom. The Morgan fingerprint density at radius 2 is 2.25 bits per heavy atom. The Bertz CT molecular complexity index is 756. The van der Waals surface area contributed by atoms with Gasteiger partial charge in [-0.1, -0.05) is 6.42 Å². The number of hydrogen-bond donors (Lipinski definition) is 1. The zero-order valence-corrected chi connectivity index (χ0v) is 16.6. The number of nitrogens with zero attached hydrogens (tertiary/aromatic N) is 3. The molecule has 4 heterocycles. The van der Waals surface area contributed by atoms with Crippen LogP contribution in [0.3, 0.4) is 0 Å². The molecule has 1 N–H and O–H groups in total. The van der Waals surface area contributed by atoms with Gasteiger partial charge in [0.05, 0.1) is 12.9 Å². The van der Waals surface area contributed by atoms with Crippen molar-refractivity contribution in [3.8, 4) is 11.5 Å². The van der Waals surface area contributed by atoms with Crippen LogP contribution in [0, 0.1) is 5.92 Å². The summed E-state index contributed by atoms with van der Waals surface area (Å²) < 4.78 is 10.7. The lowest BCUT2D eigenvalue weighted by Crippen LogP contribution is -2.52. The number of rotatable bonds is 7. The van der Waals surface area contributed by atoms with Crippen molar-refractivity contribution in [2.24, 2.45) is 5.92 Å². The third-order valence-electron chi connectivity index (χ3n) is 6.12. The second-order valence-electron chi connectivity index (χ2n) is 7.89. The van der Waals surface area contributed by atoms with E-state index >= 15 is 0 Å². The largest absolute Gasteiger partial charge is 0.463 e. The summed E-state index contributed by atoms with van der Waals surface area (Å²) in [5.74, 6) is 1.16. The van der Waals surface area contributed by atoms with Gasteiger partial charge in [-0.2, -0.15) is 5.10 Å². The van der Waals surface area contributed by atoms with E-state index in [0.29, 0.717) is 36.6 Å². The minimum atomic E-state index is -0.0426. The summed E-state index contributed by atoms with van der Waals surface area (Å²) in [5.41, 5.74) is 1.15. The monoisotopic (exact) mass is 386 g/mol. The molecule has 2 unspecified atom stereocenters. The van der Waals surface area contributed by atoms with Crippen LogP contribution in [-0.4, -0.2) is 71.8 Å². The van der Waals surface area contributed by atoms with Crippen molar-refractivity contribution in [1.29, 1.82) is 0 Å². The number of amides is 1. The molecule has 0 aromatic carbocycles. The summed E-state index contributed by atoms with van der Waals surface area (Å²) in [6.07, 6.45) is 7.88. The predicted octanol–water partition coefficient (Wildman–Crippen LogP) is 3.02. The number of piperidine rings is 2. The van der Waals surface area contributed by atoms with Crippen molar-refractivity contribution in [2.45, 2.75) is 38.1 Å². The predicted molar refractivity (Wildman–Crippen MR) is 106 cm³/mol. The SMILES string of the molecule is COCCN(CC1CCCN2CCCCC12)C(=O)c1cc(-c2ccco2)[nH]n1. The van der Waals surface area contributed by atoms with Crippen LogP contribution in [0.2, 0.25) is 0 Å². The molecule has 2 aliphatic heterocycles. The van der Waals surface area contributed by atoms with Crippen LogP contribution in [0.4, 0.5) is 0 Å². The molecule has 2 saturated heterocycles. The number of fused-ring (bicyclic) bond motifs is 1. The van der Waals surface area contributed by atoms with E-state index in [2.05, 4.69) is 15.1 Å². The topological polar surface area (TPSA) is 74.6 Å². The van der Waals surface area contributed by atoms with Gasteiger partial charge >= 0.3 is 0 Å². The van der Waals surface area contributed by atoms with E-state index in [-0.39, 0.29) is 5.91 Å². The van der Waals surface area contributed by atoms with E-state index in [0.717, 1.165) is 12.2 Å². The van der Waals surface area contributed by atoms with Crippen LogP contribution in [0.25, 0.3) is 11.5 Å². The van der Waals surface area contributed by atoms with Crippen LogP contribution in [0.15, 0.2) is 28.9 Å². The number of carbonyl (C=O) groups is 1. The highest BCUT2D eigenvalue weighted by molar-refractivity contribution is 5.93. The lowest BCUT2D eigenvalue weighted by molar-refractivity contribution is 0.0313. The number of hydrogen-bond acceptors (Lipinski definition) is 5. The van der Waals surface area contributed by atoms with Gasteiger partial charge in [0.1, 0.15) is 5.69 Å². The van der Waals surface area contributed by atoms with E-state index in [9.17, 15) is 4.79 Å². The Kier molecular flexibility index (Phi) is 6.12. The van der Waals surface area contributed by atoms with Crippen LogP contribution >= 0.6 is 0 Å². The van der Waals surface area contributed by atoms with Gasteiger partial charge in [0.15, 0.2) is 11.5 Å². The van der Waals surface area contributed by atoms with Gasteiger partial charge in [-0.3, -0.25) is 9.89 Å². The average Bonchev–Trinajstić information content (AvgIpc) is 3.42. The van der Waals surface area contributed by atoms with Gasteiger partial charge in [-0.05, 0) is 56.8 Å². The first kappa shape index (κ1) is 19.2. The van der Waals surface area contributed by atoms with Crippen molar-refractivity contribution in [3.05, 3.63) is 30.2 Å². The highest BCUT2D eigenvalue weighted by Crippen LogP contribution is 2.31. The summed E-state index contributed by atoms with van der Waals surface area (Å²) in [5, 5.41) is 7.17. The number of ether oxygens (including phenoxy) is 1. The Labute approximate surface area is 166 Å². The van der Waals surface area contributed by atoms with Crippen molar-refractivity contribution >= 4 is 5.91 Å². The van der Waals surface area contributed by atoms with Gasteiger partial charge in [0, 0.05) is 32.3 Å². The Hall–Kier alpha value is -2.12. The number of carbonyl (C=O) groups excluding carboxylic acids is 1. The molecule has 1 amide bonds. The fraction of sp³-hybridized carbons (Fsp3) is 0.619. The molecule has 0 spiro atoms. The number of nitrogens with one attached hydrogen (secondary N) is 1. The fourth-order valence-corrected chi connectivity index (χ4v) is 4.70. The molecule has 4 rings (SSSR count). The van der Waals surface area contributed by atoms with Gasteiger partial charge in [0.25, 0.3) is 5.91 Å². The molecule has 152 valence electrons. The zero-order chi connectivity index (χ0) is 19.3. The minimum absolute atomic E-state index is 0.0426. The molecule has 7 nitrogen and oxygen atoms in total. The molecule has 2 aliphatic rings. The van der Waals surface area contributed by atoms with Crippen molar-refractivity contribution < 1.29 is 13.9 Å². The lowest BCUT2D eigenvalue weighted by atomic mass is 9.83. The smallest absolute Gasteiger partial charge is 0.274 e. The number of furan rings is 1. The third-order valence-corrected chi connectivity index (χ3v) is 6.12. The van der Waals surface area contributed by atoms with Gasteiger partial charge in [-0.15, -0.1) is 0 Å². The van der Waals surface area contributed by atoms with Gasteiger partial charge in [-0.25, -0.2) is 0 Å². The molecule has 2 aromatic rings. The number of methoxy groups -OCH3 is 1. The zero-order valence-electron chi connectivity index (χ0n) is 16.6. The van der Waals surface area contributed by atoms with Crippen molar-refractivity contribution in [1.82, 2.24) is 20.0 Å². The first-order valence-electron chi connectivity index (χ1n) is 10.4. The van der Waals surface area contributed by atoms with Crippen LogP contribution in [-0.2, 0) is 4.74 Å². The molecule has 7 heteroatoms. The second-order valence-corrected chi connectivity index (χ2v) is 7.89. The summed E-state index contributed by atoms with van der Waals surface area (Å²) >= 11 is 0. The normalized spacial score (nSPS) is 22.8. The standard InChI is InChI=1S/C21H30N4O3/c1-27-13-11-25(15-16-6-4-10-24-9-3-2-7-19(16)24)21(26)18-14-17(22-23-18)20-8-5-12-28-20/h5,8,12,14,16,19H,2-4,6-7,9-11,13,15H2,1H3,(H,22,23). The molecule has 2 fully saturated rings. The van der Waals surface area contributed by atoms with Crippen LogP contribution < -0.4 is 0 Å². The maximum atomic E-state index is 13.2. The van der Waals surface area contributed by atoms with Gasteiger partial charge < -0.3 is 19.0 Å². The maximum absolute atomic E-state index is 13.2. The Morgan fingerprint density at radius 1 is 1.36 bits per heavy atom. The second kappa shape index (κ2) is 8.92. The summed E-state index contributed by atoms with van der Waals surface area (Å²) in [6.45, 7) is 4.30. The van der Waals surface area contributed by atoms with Crippen LogP contribution in [0.1, 0.15) is 42.6 Å². The summed E-state index contributed by atoms with van der Waals surface area (Å²) in [7, 11) is 1.68. The molecular weight excluding hydrogens is 356 g/mol. The fourth-order valence-electron chi connectivity index (χ4n) is 4.70. The molecule has 2 aromatic heterocycles. The minimum Gasteiger partial charge on any atom is -0.463 e. The van der Waals surface area contributed by atoms with Crippen LogP contribution in [0.5, 0.6) is 0 Å². The molecule has 2 atom stereocenters. The molecule has 0 saturated carbocycles. The van der Waals surface area contributed by atoms with E-state index in [1.54, 1.807) is 19.4 Å². The molecule has 0 radical (unpaired) electrons. The number of H-pyrrole nitrogens is 1. The Balaban J connectivity index is 1.48. The molecule has 0 aliphatic carbocycles. The highest BCUT2D eigenvalue weighted by atomic mass is 16.5. The van der Waals surface area contributed by atoms with Crippen molar-refractivity contribution in [3.63, 3.8) is 0 Å². The van der Waals surface area contributed by atoms with Gasteiger partial charge in [0.2, 0.25) is 0 Å². The van der Waals surface area contributed by atoms with Crippen molar-refractivity contribution in [2.75, 3.05) is 39.9 Å². The first-order valence-corrected chi connectivity index (χ1v) is 10.4. The van der Waals surface area contributed by atoms with E-state index in [1.807, 2.05) is 17.0 Å². The average molecular weight is 386 g/mol. The maximum Gasteiger partial charge on any atom is 0.274 e.